The van der Waals surface area contributed by atoms with Crippen LogP contribution in [0.1, 0.15) is 17.3 Å². The maximum absolute atomic E-state index is 12.7. The number of nitrogens with one attached hydrogen (secondary N) is 1. The molecule has 11 heteroatoms. The van der Waals surface area contributed by atoms with Gasteiger partial charge in [-0.25, -0.2) is 13.2 Å². The summed E-state index contributed by atoms with van der Waals surface area (Å²) in [7, 11) is -0.719. The van der Waals surface area contributed by atoms with E-state index in [-0.39, 0.29) is 10.5 Å². The average Bonchev–Trinajstić information content (AvgIpc) is 2.84. The van der Waals surface area contributed by atoms with Gasteiger partial charge in [0.25, 0.3) is 5.91 Å². The average molecular weight is 479 g/mol. The van der Waals surface area contributed by atoms with E-state index in [0.29, 0.717) is 43.5 Å². The lowest BCUT2D eigenvalue weighted by Gasteiger charge is -2.26. The predicted molar refractivity (Wildman–Crippen MR) is 119 cm³/mol. The molecule has 2 aromatic carbocycles. The third kappa shape index (κ3) is 6.01. The number of sulfonamides is 1. The number of morpholine rings is 1. The zero-order chi connectivity index (χ0) is 24.0. The van der Waals surface area contributed by atoms with Gasteiger partial charge in [-0.05, 0) is 43.3 Å². The van der Waals surface area contributed by atoms with E-state index in [1.165, 1.54) is 61.8 Å². The molecule has 0 spiro atoms. The van der Waals surface area contributed by atoms with Crippen LogP contribution in [-0.4, -0.2) is 71.2 Å². The molecule has 1 fully saturated rings. The van der Waals surface area contributed by atoms with Crippen LogP contribution < -0.4 is 14.8 Å². The summed E-state index contributed by atoms with van der Waals surface area (Å²) in [6.45, 7) is 2.73. The summed E-state index contributed by atoms with van der Waals surface area (Å²) < 4.78 is 47.4. The smallest absolute Gasteiger partial charge is 0.339 e. The number of anilines is 1. The van der Waals surface area contributed by atoms with E-state index in [1.807, 2.05) is 0 Å². The highest BCUT2D eigenvalue weighted by Crippen LogP contribution is 2.24. The normalized spacial score (nSPS) is 15.4. The lowest BCUT2D eigenvalue weighted by atomic mass is 10.2. The highest BCUT2D eigenvalue weighted by Gasteiger charge is 2.26. The summed E-state index contributed by atoms with van der Waals surface area (Å²) in [4.78, 5) is 25.1. The molecular formula is C22H26N2O8S. The third-order valence-electron chi connectivity index (χ3n) is 4.97. The number of esters is 1. The second-order valence-electron chi connectivity index (χ2n) is 7.18. The lowest BCUT2D eigenvalue weighted by Crippen LogP contribution is -2.40. The van der Waals surface area contributed by atoms with Crippen LogP contribution in [0.4, 0.5) is 5.69 Å². The van der Waals surface area contributed by atoms with Gasteiger partial charge in [-0.2, -0.15) is 4.31 Å². The number of carbonyl (C=O) groups excluding carboxylic acids is 2. The summed E-state index contributed by atoms with van der Waals surface area (Å²) in [6, 6.07) is 10.3. The number of benzene rings is 2. The fourth-order valence-electron chi connectivity index (χ4n) is 3.10. The van der Waals surface area contributed by atoms with E-state index in [0.717, 1.165) is 0 Å². The number of hydrogen-bond donors (Lipinski definition) is 1. The molecule has 1 atom stereocenters. The van der Waals surface area contributed by atoms with Crippen molar-refractivity contribution in [3.8, 4) is 11.5 Å². The van der Waals surface area contributed by atoms with Crippen molar-refractivity contribution in [2.45, 2.75) is 17.9 Å². The first kappa shape index (κ1) is 24.5. The van der Waals surface area contributed by atoms with Crippen molar-refractivity contribution in [2.24, 2.45) is 0 Å². The van der Waals surface area contributed by atoms with Crippen molar-refractivity contribution in [1.82, 2.24) is 4.31 Å². The van der Waals surface area contributed by atoms with Gasteiger partial charge in [-0.1, -0.05) is 0 Å². The van der Waals surface area contributed by atoms with Crippen molar-refractivity contribution in [2.75, 3.05) is 45.8 Å². The molecule has 0 bridgehead atoms. The highest BCUT2D eigenvalue weighted by molar-refractivity contribution is 7.89. The monoisotopic (exact) mass is 478 g/mol. The number of methoxy groups -OCH3 is 2. The number of carbonyl (C=O) groups is 2. The molecular weight excluding hydrogens is 452 g/mol. The maximum Gasteiger partial charge on any atom is 0.339 e. The number of ether oxygens (including phenoxy) is 4. The van der Waals surface area contributed by atoms with Crippen molar-refractivity contribution in [1.29, 1.82) is 0 Å². The van der Waals surface area contributed by atoms with E-state index in [1.54, 1.807) is 6.07 Å². The number of hydrogen-bond acceptors (Lipinski definition) is 8. The molecule has 0 radical (unpaired) electrons. The minimum Gasteiger partial charge on any atom is -0.497 e. The Morgan fingerprint density at radius 1 is 1.00 bits per heavy atom. The third-order valence-corrected chi connectivity index (χ3v) is 6.88. The quantitative estimate of drug-likeness (QED) is 0.572. The summed E-state index contributed by atoms with van der Waals surface area (Å²) in [6.07, 6.45) is -1.11. The van der Waals surface area contributed by atoms with E-state index in [9.17, 15) is 18.0 Å². The first-order chi connectivity index (χ1) is 15.7. The van der Waals surface area contributed by atoms with Gasteiger partial charge in [0.15, 0.2) is 6.10 Å². The fourth-order valence-corrected chi connectivity index (χ4v) is 4.51. The van der Waals surface area contributed by atoms with Gasteiger partial charge in [0.05, 0.1) is 37.9 Å². The topological polar surface area (TPSA) is 120 Å². The minimum absolute atomic E-state index is 0.119. The summed E-state index contributed by atoms with van der Waals surface area (Å²) in [5.41, 5.74) is 0.537. The van der Waals surface area contributed by atoms with Crippen LogP contribution in [0, 0.1) is 0 Å². The van der Waals surface area contributed by atoms with Crippen LogP contribution in [0.25, 0.3) is 0 Å². The Labute approximate surface area is 192 Å². The molecule has 10 nitrogen and oxygen atoms in total. The van der Waals surface area contributed by atoms with E-state index >= 15 is 0 Å². The number of nitrogens with zero attached hydrogens (tertiary/aromatic N) is 1. The first-order valence-electron chi connectivity index (χ1n) is 10.2. The zero-order valence-corrected chi connectivity index (χ0v) is 19.4. The molecule has 33 heavy (non-hydrogen) atoms. The number of amides is 1. The van der Waals surface area contributed by atoms with Crippen LogP contribution in [0.5, 0.6) is 11.5 Å². The Balaban J connectivity index is 1.62. The van der Waals surface area contributed by atoms with Crippen LogP contribution in [0.3, 0.4) is 0 Å². The SMILES string of the molecule is COc1cc(OC)cc(C(=O)O[C@@H](C)C(=O)Nc2ccc(S(=O)(=O)N3CCOCC3)cc2)c1. The standard InChI is InChI=1S/C22H26N2O8S/c1-15(32-22(26)16-12-18(29-2)14-19(13-16)30-3)21(25)23-17-4-6-20(7-5-17)33(27,28)24-8-10-31-11-9-24/h4-7,12-15H,8-11H2,1-3H3,(H,23,25)/t15-/m0/s1. The van der Waals surface area contributed by atoms with E-state index < -0.39 is 28.0 Å². The molecule has 1 heterocycles. The first-order valence-corrected chi connectivity index (χ1v) is 11.6. The van der Waals surface area contributed by atoms with Gasteiger partial charge in [-0.15, -0.1) is 0 Å². The minimum atomic E-state index is -3.63. The van der Waals surface area contributed by atoms with Crippen LogP contribution in [0.15, 0.2) is 47.4 Å². The molecule has 0 unspecified atom stereocenters. The predicted octanol–water partition coefficient (Wildman–Crippen LogP) is 1.91. The molecule has 178 valence electrons. The van der Waals surface area contributed by atoms with Gasteiger partial charge in [0.1, 0.15) is 11.5 Å². The lowest BCUT2D eigenvalue weighted by molar-refractivity contribution is -0.123. The van der Waals surface area contributed by atoms with Crippen LogP contribution in [-0.2, 0) is 24.3 Å². The van der Waals surface area contributed by atoms with Crippen molar-refractivity contribution < 1.29 is 37.0 Å². The Kier molecular flexibility index (Phi) is 7.90. The Hall–Kier alpha value is -3.15. The van der Waals surface area contributed by atoms with Crippen molar-refractivity contribution in [3.63, 3.8) is 0 Å². The zero-order valence-electron chi connectivity index (χ0n) is 18.6. The Morgan fingerprint density at radius 3 is 2.12 bits per heavy atom. The summed E-state index contributed by atoms with van der Waals surface area (Å²) in [5.74, 6) is -0.472. The van der Waals surface area contributed by atoms with Gasteiger partial charge in [0.2, 0.25) is 10.0 Å². The second-order valence-corrected chi connectivity index (χ2v) is 9.12. The van der Waals surface area contributed by atoms with E-state index in [4.69, 9.17) is 18.9 Å². The molecule has 2 aromatic rings. The molecule has 0 aromatic heterocycles. The highest BCUT2D eigenvalue weighted by atomic mass is 32.2. The van der Waals surface area contributed by atoms with Crippen LogP contribution >= 0.6 is 0 Å². The van der Waals surface area contributed by atoms with Gasteiger partial charge >= 0.3 is 5.97 Å². The molecule has 0 saturated carbocycles. The molecule has 1 N–H and O–H groups in total. The van der Waals surface area contributed by atoms with Gasteiger partial charge in [0, 0.05) is 24.8 Å². The Morgan fingerprint density at radius 2 is 1.58 bits per heavy atom. The van der Waals surface area contributed by atoms with Crippen molar-refractivity contribution in [3.05, 3.63) is 48.0 Å². The van der Waals surface area contributed by atoms with Crippen LogP contribution in [0.2, 0.25) is 0 Å². The van der Waals surface area contributed by atoms with Crippen molar-refractivity contribution >= 4 is 27.6 Å². The molecule has 1 saturated heterocycles. The van der Waals surface area contributed by atoms with Gasteiger partial charge in [-0.3, -0.25) is 4.79 Å². The maximum atomic E-state index is 12.7. The summed E-state index contributed by atoms with van der Waals surface area (Å²) in [5, 5.41) is 2.61. The second kappa shape index (κ2) is 10.6. The molecule has 0 aliphatic carbocycles. The largest absolute Gasteiger partial charge is 0.497 e. The molecule has 1 aliphatic heterocycles. The summed E-state index contributed by atoms with van der Waals surface area (Å²) >= 11 is 0. The fraction of sp³-hybridized carbons (Fsp3) is 0.364. The van der Waals surface area contributed by atoms with E-state index in [2.05, 4.69) is 5.32 Å². The van der Waals surface area contributed by atoms with Gasteiger partial charge < -0.3 is 24.3 Å². The Bertz CT molecular complexity index is 1070. The molecule has 3 rings (SSSR count). The molecule has 1 amide bonds. The molecule has 1 aliphatic rings. The number of rotatable bonds is 8.